The van der Waals surface area contributed by atoms with Gasteiger partial charge in [0, 0.05) is 6.54 Å². The van der Waals surface area contributed by atoms with E-state index in [-0.39, 0.29) is 0 Å². The van der Waals surface area contributed by atoms with Gasteiger partial charge in [0.1, 0.15) is 0 Å². The predicted molar refractivity (Wildman–Crippen MR) is 67.1 cm³/mol. The van der Waals surface area contributed by atoms with Gasteiger partial charge in [0.15, 0.2) is 0 Å². The minimum atomic E-state index is 0.842. The van der Waals surface area contributed by atoms with Gasteiger partial charge in [-0.1, -0.05) is 6.07 Å². The Hall–Kier alpha value is -0.830. The summed E-state index contributed by atoms with van der Waals surface area (Å²) in [5.74, 6) is 1.19. The van der Waals surface area contributed by atoms with Gasteiger partial charge in [-0.05, 0) is 43.0 Å². The normalized spacial score (nSPS) is 10.1. The number of anilines is 2. The lowest BCUT2D eigenvalue weighted by molar-refractivity contribution is 0.994. The highest BCUT2D eigenvalue weighted by atomic mass is 32.2. The Bertz CT molecular complexity index is 287. The van der Waals surface area contributed by atoms with E-state index in [0.717, 1.165) is 17.9 Å². The molecule has 1 aromatic rings. The predicted octanol–water partition coefficient (Wildman–Crippen LogP) is 2.74. The van der Waals surface area contributed by atoms with E-state index in [4.69, 9.17) is 5.73 Å². The Kier molecular flexibility index (Phi) is 4.66. The Balaban J connectivity index is 2.42. The van der Waals surface area contributed by atoms with Crippen LogP contribution in [-0.4, -0.2) is 18.6 Å². The third-order valence-corrected chi connectivity index (χ3v) is 2.74. The molecule has 3 heteroatoms. The van der Waals surface area contributed by atoms with Gasteiger partial charge in [-0.15, -0.1) is 0 Å². The van der Waals surface area contributed by atoms with Crippen LogP contribution >= 0.6 is 11.8 Å². The fraction of sp³-hybridized carbons (Fsp3) is 0.455. The van der Waals surface area contributed by atoms with Crippen LogP contribution in [0.15, 0.2) is 18.2 Å². The van der Waals surface area contributed by atoms with Crippen molar-refractivity contribution >= 4 is 23.1 Å². The lowest BCUT2D eigenvalue weighted by Crippen LogP contribution is -2.05. The molecule has 0 aliphatic heterocycles. The quantitative estimate of drug-likeness (QED) is 0.579. The maximum atomic E-state index is 5.87. The third-order valence-electron chi connectivity index (χ3n) is 2.05. The summed E-state index contributed by atoms with van der Waals surface area (Å²) in [7, 11) is 0. The van der Waals surface area contributed by atoms with E-state index in [1.807, 2.05) is 30.8 Å². The van der Waals surface area contributed by atoms with Crippen LogP contribution < -0.4 is 11.1 Å². The largest absolute Gasteiger partial charge is 0.397 e. The second kappa shape index (κ2) is 5.81. The third kappa shape index (κ3) is 3.50. The second-order valence-electron chi connectivity index (χ2n) is 3.36. The molecule has 0 amide bonds. The first-order chi connectivity index (χ1) is 6.74. The van der Waals surface area contributed by atoms with Crippen LogP contribution in [0.4, 0.5) is 11.4 Å². The number of nitrogen functional groups attached to an aromatic ring is 1. The minimum absolute atomic E-state index is 0.842. The van der Waals surface area contributed by atoms with E-state index in [1.54, 1.807) is 0 Å². The molecule has 0 spiro atoms. The van der Waals surface area contributed by atoms with Gasteiger partial charge in [0.2, 0.25) is 0 Å². The number of nitrogens with two attached hydrogens (primary N) is 1. The first kappa shape index (κ1) is 11.2. The molecular weight excluding hydrogens is 192 g/mol. The molecule has 0 aliphatic carbocycles. The molecule has 1 rings (SSSR count). The van der Waals surface area contributed by atoms with Gasteiger partial charge in [-0.25, -0.2) is 0 Å². The van der Waals surface area contributed by atoms with E-state index in [0.29, 0.717) is 0 Å². The first-order valence-electron chi connectivity index (χ1n) is 4.83. The Morgan fingerprint density at radius 1 is 1.43 bits per heavy atom. The molecular formula is C11H18N2S. The topological polar surface area (TPSA) is 38.0 Å². The molecule has 0 fully saturated rings. The number of rotatable bonds is 5. The highest BCUT2D eigenvalue weighted by molar-refractivity contribution is 7.98. The average Bonchev–Trinajstić information content (AvgIpc) is 2.15. The van der Waals surface area contributed by atoms with Gasteiger partial charge >= 0.3 is 0 Å². The summed E-state index contributed by atoms with van der Waals surface area (Å²) < 4.78 is 0. The number of thioether (sulfide) groups is 1. The van der Waals surface area contributed by atoms with Crippen LogP contribution in [0.25, 0.3) is 0 Å². The van der Waals surface area contributed by atoms with Gasteiger partial charge < -0.3 is 11.1 Å². The number of benzene rings is 1. The van der Waals surface area contributed by atoms with Crippen molar-refractivity contribution in [2.24, 2.45) is 0 Å². The molecule has 0 bridgehead atoms. The number of aryl methyl sites for hydroxylation is 1. The van der Waals surface area contributed by atoms with E-state index in [1.165, 1.54) is 17.7 Å². The Labute approximate surface area is 90.3 Å². The van der Waals surface area contributed by atoms with Crippen LogP contribution in [0.2, 0.25) is 0 Å². The van der Waals surface area contributed by atoms with Crippen molar-refractivity contribution in [1.29, 1.82) is 0 Å². The summed E-state index contributed by atoms with van der Waals surface area (Å²) in [6.45, 7) is 3.04. The number of hydrogen-bond acceptors (Lipinski definition) is 3. The Morgan fingerprint density at radius 2 is 2.21 bits per heavy atom. The summed E-state index contributed by atoms with van der Waals surface area (Å²) in [5, 5.41) is 3.34. The van der Waals surface area contributed by atoms with Crippen LogP contribution in [0.5, 0.6) is 0 Å². The molecule has 2 nitrogen and oxygen atoms in total. The molecule has 3 N–H and O–H groups in total. The zero-order valence-corrected chi connectivity index (χ0v) is 9.66. The molecule has 0 radical (unpaired) electrons. The van der Waals surface area contributed by atoms with Crippen LogP contribution in [0.1, 0.15) is 12.0 Å². The van der Waals surface area contributed by atoms with Crippen molar-refractivity contribution in [2.45, 2.75) is 13.3 Å². The molecule has 78 valence electrons. The van der Waals surface area contributed by atoms with Crippen molar-refractivity contribution in [3.8, 4) is 0 Å². The molecule has 0 heterocycles. The lowest BCUT2D eigenvalue weighted by Gasteiger charge is -2.09. The van der Waals surface area contributed by atoms with E-state index >= 15 is 0 Å². The number of nitrogens with one attached hydrogen (secondary N) is 1. The highest BCUT2D eigenvalue weighted by Gasteiger charge is 1.97. The monoisotopic (exact) mass is 210 g/mol. The van der Waals surface area contributed by atoms with Gasteiger partial charge in [0.25, 0.3) is 0 Å². The average molecular weight is 210 g/mol. The SMILES string of the molecule is CSCCCNc1ccc(C)cc1N. The fourth-order valence-electron chi connectivity index (χ4n) is 1.28. The summed E-state index contributed by atoms with van der Waals surface area (Å²) in [4.78, 5) is 0. The van der Waals surface area contributed by atoms with E-state index in [2.05, 4.69) is 17.6 Å². The molecule has 0 saturated heterocycles. The number of hydrogen-bond donors (Lipinski definition) is 2. The van der Waals surface area contributed by atoms with E-state index < -0.39 is 0 Å². The standard InChI is InChI=1S/C11H18N2S/c1-9-4-5-11(10(12)8-9)13-6-3-7-14-2/h4-5,8,13H,3,6-7,12H2,1-2H3. The highest BCUT2D eigenvalue weighted by Crippen LogP contribution is 2.19. The Morgan fingerprint density at radius 3 is 2.86 bits per heavy atom. The van der Waals surface area contributed by atoms with Crippen molar-refractivity contribution in [2.75, 3.05) is 29.6 Å². The molecule has 14 heavy (non-hydrogen) atoms. The van der Waals surface area contributed by atoms with Gasteiger partial charge in [-0.3, -0.25) is 0 Å². The first-order valence-corrected chi connectivity index (χ1v) is 6.22. The molecule has 0 unspecified atom stereocenters. The van der Waals surface area contributed by atoms with Crippen LogP contribution in [-0.2, 0) is 0 Å². The fourth-order valence-corrected chi connectivity index (χ4v) is 1.72. The zero-order valence-electron chi connectivity index (χ0n) is 8.84. The molecule has 0 aliphatic rings. The van der Waals surface area contributed by atoms with Crippen LogP contribution in [0.3, 0.4) is 0 Å². The van der Waals surface area contributed by atoms with E-state index in [9.17, 15) is 0 Å². The van der Waals surface area contributed by atoms with Crippen molar-refractivity contribution in [3.63, 3.8) is 0 Å². The maximum Gasteiger partial charge on any atom is 0.0574 e. The van der Waals surface area contributed by atoms with Crippen LogP contribution in [0, 0.1) is 6.92 Å². The zero-order chi connectivity index (χ0) is 10.4. The molecule has 0 atom stereocenters. The molecule has 1 aromatic carbocycles. The van der Waals surface area contributed by atoms with Crippen molar-refractivity contribution < 1.29 is 0 Å². The van der Waals surface area contributed by atoms with Gasteiger partial charge in [-0.2, -0.15) is 11.8 Å². The minimum Gasteiger partial charge on any atom is -0.397 e. The molecule has 0 saturated carbocycles. The molecule has 0 aromatic heterocycles. The summed E-state index contributed by atoms with van der Waals surface area (Å²) in [6, 6.07) is 6.12. The van der Waals surface area contributed by atoms with Crippen molar-refractivity contribution in [3.05, 3.63) is 23.8 Å². The smallest absolute Gasteiger partial charge is 0.0574 e. The summed E-state index contributed by atoms with van der Waals surface area (Å²) in [6.07, 6.45) is 3.30. The second-order valence-corrected chi connectivity index (χ2v) is 4.35. The summed E-state index contributed by atoms with van der Waals surface area (Å²) in [5.41, 5.74) is 8.97. The maximum absolute atomic E-state index is 5.87. The lowest BCUT2D eigenvalue weighted by atomic mass is 10.2. The van der Waals surface area contributed by atoms with Crippen molar-refractivity contribution in [1.82, 2.24) is 0 Å². The van der Waals surface area contributed by atoms with Gasteiger partial charge in [0.05, 0.1) is 11.4 Å². The summed E-state index contributed by atoms with van der Waals surface area (Å²) >= 11 is 1.87.